The number of aromatic nitrogens is 3. The number of benzene rings is 1. The van der Waals surface area contributed by atoms with Crippen LogP contribution in [0.3, 0.4) is 0 Å². The Labute approximate surface area is 189 Å². The Balaban J connectivity index is 1.75. The smallest absolute Gasteiger partial charge is 0.275 e. The molecular weight excluding hydrogens is 462 g/mol. The Morgan fingerprint density at radius 1 is 1.19 bits per heavy atom. The lowest BCUT2D eigenvalue weighted by molar-refractivity contribution is 0.102. The van der Waals surface area contributed by atoms with E-state index in [1.165, 1.54) is 42.2 Å². The van der Waals surface area contributed by atoms with Crippen molar-refractivity contribution in [1.82, 2.24) is 15.1 Å². The highest BCUT2D eigenvalue weighted by Crippen LogP contribution is 2.24. The van der Waals surface area contributed by atoms with Gasteiger partial charge in [-0.25, -0.2) is 23.1 Å². The lowest BCUT2D eigenvalue weighted by Crippen LogP contribution is -2.16. The molecule has 9 nitrogen and oxygen atoms in total. The van der Waals surface area contributed by atoms with Crippen molar-refractivity contribution in [3.63, 3.8) is 0 Å². The molecule has 0 saturated heterocycles. The quantitative estimate of drug-likeness (QED) is 0.378. The van der Waals surface area contributed by atoms with Crippen molar-refractivity contribution in [3.05, 3.63) is 52.4 Å². The molecule has 0 saturated carbocycles. The van der Waals surface area contributed by atoms with E-state index in [0.717, 1.165) is 0 Å². The topological polar surface area (TPSA) is 127 Å². The second kappa shape index (κ2) is 9.25. The fraction of sp³-hybridized carbons (Fsp3) is 0.263. The molecule has 1 amide bonds. The van der Waals surface area contributed by atoms with Crippen LogP contribution in [0.5, 0.6) is 0 Å². The number of sulfonamides is 1. The summed E-state index contributed by atoms with van der Waals surface area (Å²) in [4.78, 5) is 20.9. The van der Waals surface area contributed by atoms with Gasteiger partial charge in [0.25, 0.3) is 15.9 Å². The van der Waals surface area contributed by atoms with Crippen LogP contribution in [-0.2, 0) is 10.0 Å². The van der Waals surface area contributed by atoms with Gasteiger partial charge in [0.15, 0.2) is 10.9 Å². The summed E-state index contributed by atoms with van der Waals surface area (Å²) in [5.41, 5.74) is 1.61. The Kier molecular flexibility index (Phi) is 6.87. The molecule has 0 aliphatic carbocycles. The van der Waals surface area contributed by atoms with E-state index in [1.807, 2.05) is 13.8 Å². The van der Waals surface area contributed by atoms with Gasteiger partial charge in [0.05, 0.1) is 21.8 Å². The van der Waals surface area contributed by atoms with Crippen LogP contribution < -0.4 is 10.0 Å². The van der Waals surface area contributed by atoms with Gasteiger partial charge < -0.3 is 9.84 Å². The van der Waals surface area contributed by atoms with Crippen molar-refractivity contribution in [2.24, 2.45) is 0 Å². The first kappa shape index (κ1) is 23.0. The monoisotopic (exact) mass is 481 g/mol. The van der Waals surface area contributed by atoms with E-state index in [2.05, 4.69) is 25.2 Å². The summed E-state index contributed by atoms with van der Waals surface area (Å²) in [6.07, 6.45) is 1.38. The van der Waals surface area contributed by atoms with Crippen LogP contribution in [0.15, 0.2) is 45.0 Å². The van der Waals surface area contributed by atoms with Gasteiger partial charge in [0, 0.05) is 16.5 Å². The van der Waals surface area contributed by atoms with Gasteiger partial charge >= 0.3 is 0 Å². The zero-order chi connectivity index (χ0) is 22.8. The fourth-order valence-corrected chi connectivity index (χ4v) is 4.28. The van der Waals surface area contributed by atoms with Crippen LogP contribution in [0.2, 0.25) is 5.02 Å². The zero-order valence-electron chi connectivity index (χ0n) is 17.1. The highest BCUT2D eigenvalue weighted by atomic mass is 35.5. The minimum Gasteiger partial charge on any atom is -0.337 e. The second-order valence-electron chi connectivity index (χ2n) is 6.82. The van der Waals surface area contributed by atoms with Gasteiger partial charge in [-0.15, -0.1) is 0 Å². The molecule has 3 rings (SSSR count). The Bertz CT molecular complexity index is 1210. The molecule has 1 aromatic carbocycles. The maximum atomic E-state index is 12.6. The summed E-state index contributed by atoms with van der Waals surface area (Å²) in [6.45, 7) is 7.38. The summed E-state index contributed by atoms with van der Waals surface area (Å²) in [7, 11) is -3.88. The molecular formula is C19H20ClN5O4S2. The van der Waals surface area contributed by atoms with Crippen molar-refractivity contribution < 1.29 is 17.7 Å². The number of carbonyl (C=O) groups excluding carboxylic acids is 1. The minimum absolute atomic E-state index is 0.00496. The molecule has 0 spiro atoms. The molecule has 2 heterocycles. The van der Waals surface area contributed by atoms with Crippen LogP contribution in [-0.4, -0.2) is 34.7 Å². The molecule has 164 valence electrons. The average molecular weight is 482 g/mol. The van der Waals surface area contributed by atoms with Crippen LogP contribution in [0.25, 0.3) is 0 Å². The van der Waals surface area contributed by atoms with Gasteiger partial charge in [0.1, 0.15) is 0 Å². The van der Waals surface area contributed by atoms with Gasteiger partial charge in [-0.2, -0.15) is 0 Å². The predicted octanol–water partition coefficient (Wildman–Crippen LogP) is 4.29. The SMILES string of the molecule is Cc1noc(NS(=O)(=O)c2ccc(NC(=O)c3nc(SC(C)C)ncc3Cl)cc2)c1C. The number of nitrogens with zero attached hydrogens (tertiary/aromatic N) is 3. The van der Waals surface area contributed by atoms with E-state index in [0.29, 0.717) is 22.1 Å². The molecule has 3 aromatic rings. The highest BCUT2D eigenvalue weighted by Gasteiger charge is 2.20. The standard InChI is InChI=1S/C19H20ClN5O4S2/c1-10(2)30-19-21-9-15(20)16(23-19)17(26)22-13-5-7-14(8-6-13)31(27,28)25-18-11(3)12(4)24-29-18/h5-10,25H,1-4H3,(H,22,26). The van der Waals surface area contributed by atoms with Crippen molar-refractivity contribution in [3.8, 4) is 0 Å². The lowest BCUT2D eigenvalue weighted by Gasteiger charge is -2.10. The number of amides is 1. The Morgan fingerprint density at radius 3 is 2.45 bits per heavy atom. The Morgan fingerprint density at radius 2 is 1.87 bits per heavy atom. The fourth-order valence-electron chi connectivity index (χ4n) is 2.38. The summed E-state index contributed by atoms with van der Waals surface area (Å²) in [6, 6.07) is 5.64. The molecule has 2 N–H and O–H groups in total. The number of hydrogen-bond acceptors (Lipinski definition) is 8. The maximum absolute atomic E-state index is 12.6. The molecule has 2 aromatic heterocycles. The first-order valence-electron chi connectivity index (χ1n) is 9.13. The summed E-state index contributed by atoms with van der Waals surface area (Å²) in [5, 5.41) is 7.18. The molecule has 12 heteroatoms. The molecule has 0 atom stereocenters. The van der Waals surface area contributed by atoms with E-state index in [4.69, 9.17) is 16.1 Å². The average Bonchev–Trinajstić information content (AvgIpc) is 3.01. The summed E-state index contributed by atoms with van der Waals surface area (Å²) in [5.74, 6) is -0.470. The van der Waals surface area contributed by atoms with Gasteiger partial charge in [-0.1, -0.05) is 42.4 Å². The van der Waals surface area contributed by atoms with E-state index in [1.54, 1.807) is 13.8 Å². The van der Waals surface area contributed by atoms with Crippen molar-refractivity contribution in [2.45, 2.75) is 43.0 Å². The third kappa shape index (κ3) is 5.54. The van der Waals surface area contributed by atoms with E-state index >= 15 is 0 Å². The molecule has 0 radical (unpaired) electrons. The number of nitrogens with one attached hydrogen (secondary N) is 2. The number of anilines is 2. The van der Waals surface area contributed by atoms with Crippen LogP contribution in [0.1, 0.15) is 35.6 Å². The molecule has 0 fully saturated rings. The number of halogens is 1. The first-order valence-corrected chi connectivity index (χ1v) is 11.9. The van der Waals surface area contributed by atoms with Crippen LogP contribution in [0.4, 0.5) is 11.6 Å². The minimum atomic E-state index is -3.88. The summed E-state index contributed by atoms with van der Waals surface area (Å²) >= 11 is 7.48. The van der Waals surface area contributed by atoms with Crippen LogP contribution in [0, 0.1) is 13.8 Å². The molecule has 0 bridgehead atoms. The van der Waals surface area contributed by atoms with E-state index < -0.39 is 15.9 Å². The van der Waals surface area contributed by atoms with E-state index in [9.17, 15) is 13.2 Å². The molecule has 0 aliphatic heterocycles. The predicted molar refractivity (Wildman–Crippen MR) is 119 cm³/mol. The number of rotatable bonds is 7. The van der Waals surface area contributed by atoms with Crippen LogP contribution >= 0.6 is 23.4 Å². The second-order valence-corrected chi connectivity index (χ2v) is 10.5. The van der Waals surface area contributed by atoms with Gasteiger partial charge in [0.2, 0.25) is 5.88 Å². The molecule has 0 unspecified atom stereocenters. The largest absolute Gasteiger partial charge is 0.337 e. The van der Waals surface area contributed by atoms with Gasteiger partial charge in [-0.3, -0.25) is 4.79 Å². The van der Waals surface area contributed by atoms with Crippen molar-refractivity contribution in [1.29, 1.82) is 0 Å². The zero-order valence-corrected chi connectivity index (χ0v) is 19.5. The number of aryl methyl sites for hydroxylation is 1. The van der Waals surface area contributed by atoms with Gasteiger partial charge in [-0.05, 0) is 38.1 Å². The maximum Gasteiger partial charge on any atom is 0.275 e. The lowest BCUT2D eigenvalue weighted by atomic mass is 10.3. The van der Waals surface area contributed by atoms with Crippen molar-refractivity contribution in [2.75, 3.05) is 10.0 Å². The summed E-state index contributed by atoms with van der Waals surface area (Å²) < 4.78 is 32.5. The third-order valence-electron chi connectivity index (χ3n) is 4.08. The van der Waals surface area contributed by atoms with E-state index in [-0.39, 0.29) is 26.7 Å². The first-order chi connectivity index (χ1) is 14.6. The normalized spacial score (nSPS) is 11.5. The number of hydrogen-bond donors (Lipinski definition) is 2. The number of thioether (sulfide) groups is 1. The molecule has 31 heavy (non-hydrogen) atoms. The van der Waals surface area contributed by atoms with Crippen molar-refractivity contribution >= 4 is 50.9 Å². The third-order valence-corrected chi connectivity index (χ3v) is 6.59. The number of carbonyl (C=O) groups is 1. The highest BCUT2D eigenvalue weighted by molar-refractivity contribution is 7.99. The molecule has 0 aliphatic rings. The Hall–Kier alpha value is -2.63.